The molecule has 0 saturated heterocycles. The molecule has 2 aromatic heterocycles. The van der Waals surface area contributed by atoms with Gasteiger partial charge in [0, 0.05) is 26.4 Å². The van der Waals surface area contributed by atoms with E-state index in [0.717, 1.165) is 4.31 Å². The number of nitrogens with zero attached hydrogens (tertiary/aromatic N) is 3. The number of rotatable bonds is 4. The summed E-state index contributed by atoms with van der Waals surface area (Å²) in [6.07, 6.45) is 1.64. The van der Waals surface area contributed by atoms with Gasteiger partial charge in [-0.25, -0.2) is 4.98 Å². The lowest BCUT2D eigenvalue weighted by Crippen LogP contribution is -2.26. The van der Waals surface area contributed by atoms with Crippen LogP contribution in [0.15, 0.2) is 47.0 Å². The fourth-order valence-electron chi connectivity index (χ4n) is 1.75. The highest BCUT2D eigenvalue weighted by Gasteiger charge is 2.17. The van der Waals surface area contributed by atoms with Crippen molar-refractivity contribution in [2.24, 2.45) is 0 Å². The van der Waals surface area contributed by atoms with E-state index in [9.17, 15) is 8.42 Å². The van der Waals surface area contributed by atoms with E-state index in [1.54, 1.807) is 24.4 Å². The first kappa shape index (κ1) is 14.5. The highest BCUT2D eigenvalue weighted by atomic mass is 32.2. The average molecular weight is 319 g/mol. The molecule has 0 aliphatic rings. The van der Waals surface area contributed by atoms with Gasteiger partial charge in [-0.15, -0.1) is 0 Å². The summed E-state index contributed by atoms with van der Waals surface area (Å²) in [4.78, 5) is 8.47. The number of benzene rings is 1. The number of hydrogen-bond acceptors (Lipinski definition) is 6. The Balaban J connectivity index is 1.98. The Morgan fingerprint density at radius 2 is 2.00 bits per heavy atom. The van der Waals surface area contributed by atoms with Crippen molar-refractivity contribution < 1.29 is 17.0 Å². The molecule has 0 saturated carbocycles. The van der Waals surface area contributed by atoms with Crippen LogP contribution in [0.1, 0.15) is 0 Å². The lowest BCUT2D eigenvalue weighted by Gasteiger charge is -2.11. The lowest BCUT2D eigenvalue weighted by molar-refractivity contribution is 0.421. The third-order valence-electron chi connectivity index (χ3n) is 2.89. The Morgan fingerprint density at radius 1 is 1.18 bits per heavy atom. The summed E-state index contributed by atoms with van der Waals surface area (Å²) in [6.45, 7) is 0. The zero-order chi connectivity index (χ0) is 15.7. The van der Waals surface area contributed by atoms with Gasteiger partial charge in [0.2, 0.25) is 5.89 Å². The highest BCUT2D eigenvalue weighted by molar-refractivity contribution is 7.84. The van der Waals surface area contributed by atoms with Gasteiger partial charge in [0.25, 0.3) is 0 Å². The minimum atomic E-state index is -3.81. The summed E-state index contributed by atoms with van der Waals surface area (Å²) in [7, 11) is -1.03. The van der Waals surface area contributed by atoms with Crippen LogP contribution < -0.4 is 4.18 Å². The van der Waals surface area contributed by atoms with Gasteiger partial charge in [0.05, 0.1) is 0 Å². The molecular formula is C14H13N3O4S. The Hall–Kier alpha value is -2.45. The predicted molar refractivity (Wildman–Crippen MR) is 80.5 cm³/mol. The average Bonchev–Trinajstić information content (AvgIpc) is 2.91. The van der Waals surface area contributed by atoms with E-state index in [4.69, 9.17) is 8.60 Å². The quantitative estimate of drug-likeness (QED) is 0.732. The summed E-state index contributed by atoms with van der Waals surface area (Å²) < 4.78 is 35.0. The number of hydrogen-bond donors (Lipinski definition) is 0. The van der Waals surface area contributed by atoms with Gasteiger partial charge in [-0.2, -0.15) is 12.7 Å². The van der Waals surface area contributed by atoms with E-state index in [-0.39, 0.29) is 5.75 Å². The van der Waals surface area contributed by atoms with Gasteiger partial charge in [0.15, 0.2) is 5.58 Å². The maximum atomic E-state index is 11.7. The molecular weight excluding hydrogens is 306 g/mol. The summed E-state index contributed by atoms with van der Waals surface area (Å²) in [6, 6.07) is 10.0. The number of fused-ring (bicyclic) bond motifs is 1. The lowest BCUT2D eigenvalue weighted by atomic mass is 10.3. The first-order valence-corrected chi connectivity index (χ1v) is 7.76. The number of aromatic nitrogens is 2. The van der Waals surface area contributed by atoms with Crippen molar-refractivity contribution in [2.45, 2.75) is 0 Å². The largest absolute Gasteiger partial charge is 0.435 e. The molecule has 0 bridgehead atoms. The van der Waals surface area contributed by atoms with Crippen molar-refractivity contribution in [1.29, 1.82) is 0 Å². The predicted octanol–water partition coefficient (Wildman–Crippen LogP) is 2.08. The van der Waals surface area contributed by atoms with Crippen molar-refractivity contribution in [2.75, 3.05) is 14.1 Å². The molecule has 0 N–H and O–H groups in total. The van der Waals surface area contributed by atoms with Gasteiger partial charge in [0.1, 0.15) is 17.0 Å². The number of oxazole rings is 1. The zero-order valence-electron chi connectivity index (χ0n) is 11.9. The molecule has 0 spiro atoms. The van der Waals surface area contributed by atoms with Crippen LogP contribution in [0.2, 0.25) is 0 Å². The van der Waals surface area contributed by atoms with E-state index < -0.39 is 10.3 Å². The molecule has 7 nitrogen and oxygen atoms in total. The molecule has 3 aromatic rings. The van der Waals surface area contributed by atoms with Crippen LogP contribution in [0.5, 0.6) is 5.75 Å². The second-order valence-electron chi connectivity index (χ2n) is 4.69. The second kappa shape index (κ2) is 5.39. The SMILES string of the molecule is CN(C)S(=O)(=O)Oc1ccc2nc(-c3ccccn3)oc2c1. The number of pyridine rings is 1. The first-order chi connectivity index (χ1) is 10.5. The third-order valence-corrected chi connectivity index (χ3v) is 4.19. The first-order valence-electron chi connectivity index (χ1n) is 6.40. The molecule has 0 radical (unpaired) electrons. The Labute approximate surface area is 127 Å². The molecule has 114 valence electrons. The zero-order valence-corrected chi connectivity index (χ0v) is 12.7. The van der Waals surface area contributed by atoms with Crippen LogP contribution in [-0.4, -0.2) is 36.8 Å². The van der Waals surface area contributed by atoms with E-state index in [2.05, 4.69) is 9.97 Å². The van der Waals surface area contributed by atoms with Gasteiger partial charge < -0.3 is 8.60 Å². The monoisotopic (exact) mass is 319 g/mol. The van der Waals surface area contributed by atoms with Crippen molar-refractivity contribution in [3.05, 3.63) is 42.6 Å². The Bertz CT molecular complexity index is 904. The van der Waals surface area contributed by atoms with E-state index >= 15 is 0 Å². The van der Waals surface area contributed by atoms with E-state index in [1.165, 1.54) is 26.2 Å². The van der Waals surface area contributed by atoms with Gasteiger partial charge in [-0.3, -0.25) is 4.98 Å². The minimum Gasteiger partial charge on any atom is -0.435 e. The Kier molecular flexibility index (Phi) is 3.55. The van der Waals surface area contributed by atoms with Crippen molar-refractivity contribution in [3.8, 4) is 17.3 Å². The highest BCUT2D eigenvalue weighted by Crippen LogP contribution is 2.26. The molecule has 0 aliphatic heterocycles. The van der Waals surface area contributed by atoms with Crippen LogP contribution in [-0.2, 0) is 10.3 Å². The van der Waals surface area contributed by atoms with Gasteiger partial charge in [-0.1, -0.05) is 6.07 Å². The van der Waals surface area contributed by atoms with Gasteiger partial charge >= 0.3 is 10.3 Å². The molecule has 0 amide bonds. The molecule has 2 heterocycles. The van der Waals surface area contributed by atoms with Crippen molar-refractivity contribution in [1.82, 2.24) is 14.3 Å². The fourth-order valence-corrected chi connectivity index (χ4v) is 2.25. The minimum absolute atomic E-state index is 0.157. The fraction of sp³-hybridized carbons (Fsp3) is 0.143. The summed E-state index contributed by atoms with van der Waals surface area (Å²) in [5.41, 5.74) is 1.62. The van der Waals surface area contributed by atoms with Crippen LogP contribution >= 0.6 is 0 Å². The molecule has 0 atom stereocenters. The van der Waals surface area contributed by atoms with Crippen LogP contribution in [0, 0.1) is 0 Å². The molecule has 3 rings (SSSR count). The molecule has 8 heteroatoms. The van der Waals surface area contributed by atoms with E-state index in [0.29, 0.717) is 22.7 Å². The second-order valence-corrected chi connectivity index (χ2v) is 6.44. The van der Waals surface area contributed by atoms with Crippen LogP contribution in [0.3, 0.4) is 0 Å². The molecule has 0 fully saturated rings. The normalized spacial score (nSPS) is 12.0. The third kappa shape index (κ3) is 2.78. The summed E-state index contributed by atoms with van der Waals surface area (Å²) in [5.74, 6) is 0.521. The van der Waals surface area contributed by atoms with E-state index in [1.807, 2.05) is 6.07 Å². The van der Waals surface area contributed by atoms with Crippen molar-refractivity contribution >= 4 is 21.4 Å². The maximum Gasteiger partial charge on any atom is 0.384 e. The summed E-state index contributed by atoms with van der Waals surface area (Å²) in [5, 5.41) is 0. The van der Waals surface area contributed by atoms with Gasteiger partial charge in [-0.05, 0) is 24.3 Å². The Morgan fingerprint density at radius 3 is 2.68 bits per heavy atom. The smallest absolute Gasteiger partial charge is 0.384 e. The maximum absolute atomic E-state index is 11.7. The standard InChI is InChI=1S/C14H13N3O4S/c1-17(2)22(18,19)21-10-6-7-11-13(9-10)20-14(16-11)12-5-3-4-8-15-12/h3-9H,1-2H3. The molecule has 0 aliphatic carbocycles. The van der Waals surface area contributed by atoms with Crippen LogP contribution in [0.25, 0.3) is 22.7 Å². The summed E-state index contributed by atoms with van der Waals surface area (Å²) >= 11 is 0. The molecule has 0 unspecified atom stereocenters. The molecule has 1 aromatic carbocycles. The topological polar surface area (TPSA) is 85.5 Å². The van der Waals surface area contributed by atoms with Crippen molar-refractivity contribution in [3.63, 3.8) is 0 Å². The molecule has 22 heavy (non-hydrogen) atoms. The van der Waals surface area contributed by atoms with Crippen LogP contribution in [0.4, 0.5) is 0 Å².